The van der Waals surface area contributed by atoms with E-state index in [1.54, 1.807) is 33.8 Å². The van der Waals surface area contributed by atoms with E-state index in [0.29, 0.717) is 11.5 Å². The van der Waals surface area contributed by atoms with Gasteiger partial charge in [-0.25, -0.2) is 9.78 Å². The predicted molar refractivity (Wildman–Crippen MR) is 133 cm³/mol. The molecule has 1 aromatic heterocycles. The van der Waals surface area contributed by atoms with E-state index in [1.807, 2.05) is 0 Å². The maximum absolute atomic E-state index is 13.2. The molecule has 1 aliphatic heterocycles. The molecule has 1 saturated heterocycles. The number of hydrogen-bond acceptors (Lipinski definition) is 10. The van der Waals surface area contributed by atoms with E-state index < -0.39 is 66.5 Å². The van der Waals surface area contributed by atoms with Gasteiger partial charge in [-0.2, -0.15) is 0 Å². The van der Waals surface area contributed by atoms with Gasteiger partial charge in [-0.1, -0.05) is 33.6 Å². The average molecular weight is 533 g/mol. The standard InChI is InChI=1S/C27H36N2O9/c1-6-18-23(38-25(32)14(2)3)16(5)36-27(34)19(13-35-26(18)33)29-24(31)21-22(15(4)11-12-28-21)37-20(30)10-9-17-7-8-17/h11-12,14,16-19,23H,6-10,13H2,1-5H3,(H,29,31)/t16-,18+,19-,23-/m0/s1. The first-order chi connectivity index (χ1) is 18.0. The number of amides is 1. The quantitative estimate of drug-likeness (QED) is 0.372. The Balaban J connectivity index is 1.76. The van der Waals surface area contributed by atoms with Crippen molar-refractivity contribution in [3.05, 3.63) is 23.5 Å². The molecule has 208 valence electrons. The van der Waals surface area contributed by atoms with E-state index in [-0.39, 0.29) is 24.3 Å². The van der Waals surface area contributed by atoms with E-state index in [0.717, 1.165) is 19.3 Å². The van der Waals surface area contributed by atoms with Gasteiger partial charge in [0.1, 0.15) is 12.7 Å². The Morgan fingerprint density at radius 1 is 1.18 bits per heavy atom. The summed E-state index contributed by atoms with van der Waals surface area (Å²) in [6.07, 6.45) is 2.78. The number of nitrogens with one attached hydrogen (secondary N) is 1. The highest BCUT2D eigenvalue weighted by Gasteiger charge is 2.41. The highest BCUT2D eigenvalue weighted by Crippen LogP contribution is 2.34. The molecule has 3 rings (SSSR count). The van der Waals surface area contributed by atoms with Gasteiger partial charge < -0.3 is 24.3 Å². The van der Waals surface area contributed by atoms with Crippen LogP contribution in [-0.4, -0.2) is 59.6 Å². The van der Waals surface area contributed by atoms with Crippen LogP contribution in [0.5, 0.6) is 5.75 Å². The van der Waals surface area contributed by atoms with Crippen molar-refractivity contribution in [1.82, 2.24) is 10.3 Å². The molecule has 4 atom stereocenters. The smallest absolute Gasteiger partial charge is 0.332 e. The van der Waals surface area contributed by atoms with Crippen LogP contribution in [0.15, 0.2) is 12.3 Å². The second-order valence-electron chi connectivity index (χ2n) is 10.1. The summed E-state index contributed by atoms with van der Waals surface area (Å²) in [5.74, 6) is -4.16. The highest BCUT2D eigenvalue weighted by molar-refractivity contribution is 5.98. The molecule has 1 aromatic rings. The van der Waals surface area contributed by atoms with Crippen LogP contribution in [0.2, 0.25) is 0 Å². The summed E-state index contributed by atoms with van der Waals surface area (Å²) in [5, 5.41) is 2.48. The van der Waals surface area contributed by atoms with Crippen molar-refractivity contribution in [2.24, 2.45) is 17.8 Å². The van der Waals surface area contributed by atoms with Crippen molar-refractivity contribution < 1.29 is 42.9 Å². The van der Waals surface area contributed by atoms with Crippen molar-refractivity contribution in [2.75, 3.05) is 6.61 Å². The van der Waals surface area contributed by atoms with Gasteiger partial charge in [0.05, 0.1) is 11.8 Å². The fraction of sp³-hybridized carbons (Fsp3) is 0.630. The SMILES string of the molecule is CC[C@H]1C(=O)OC[C@H](NC(=O)c2nccc(C)c2OC(=O)CCC2CC2)C(=O)O[C@@H](C)[C@@H]1OC(=O)C(C)C. The van der Waals surface area contributed by atoms with Crippen LogP contribution in [0.25, 0.3) is 0 Å². The average Bonchev–Trinajstić information content (AvgIpc) is 3.69. The Kier molecular flexibility index (Phi) is 9.82. The van der Waals surface area contributed by atoms with Gasteiger partial charge >= 0.3 is 23.9 Å². The third-order valence-corrected chi connectivity index (χ3v) is 6.60. The first-order valence-corrected chi connectivity index (χ1v) is 13.1. The van der Waals surface area contributed by atoms with Crippen LogP contribution in [-0.2, 0) is 33.4 Å². The third kappa shape index (κ3) is 7.52. The highest BCUT2D eigenvalue weighted by atomic mass is 16.6. The maximum Gasteiger partial charge on any atom is 0.332 e. The second-order valence-corrected chi connectivity index (χ2v) is 10.1. The lowest BCUT2D eigenvalue weighted by molar-refractivity contribution is -0.176. The van der Waals surface area contributed by atoms with E-state index in [9.17, 15) is 24.0 Å². The largest absolute Gasteiger partial charge is 0.463 e. The van der Waals surface area contributed by atoms with E-state index >= 15 is 0 Å². The molecule has 0 radical (unpaired) electrons. The number of hydrogen-bond donors (Lipinski definition) is 1. The summed E-state index contributed by atoms with van der Waals surface area (Å²) in [4.78, 5) is 67.7. The first-order valence-electron chi connectivity index (χ1n) is 13.1. The molecule has 0 aromatic carbocycles. The minimum atomic E-state index is -1.37. The second kappa shape index (κ2) is 12.8. The van der Waals surface area contributed by atoms with Crippen molar-refractivity contribution >= 4 is 29.8 Å². The zero-order valence-electron chi connectivity index (χ0n) is 22.5. The number of pyridine rings is 1. The molecule has 2 aliphatic rings. The Morgan fingerprint density at radius 2 is 1.89 bits per heavy atom. The minimum absolute atomic E-state index is 0.000646. The molecule has 1 saturated carbocycles. The summed E-state index contributed by atoms with van der Waals surface area (Å²) in [6.45, 7) is 7.71. The first kappa shape index (κ1) is 29.1. The molecule has 0 unspecified atom stereocenters. The van der Waals surface area contributed by atoms with Crippen LogP contribution in [0.3, 0.4) is 0 Å². The van der Waals surface area contributed by atoms with Crippen LogP contribution in [0, 0.1) is 24.7 Å². The molecular formula is C27H36N2O9. The number of ether oxygens (including phenoxy) is 4. The summed E-state index contributed by atoms with van der Waals surface area (Å²) in [7, 11) is 0. The topological polar surface area (TPSA) is 147 Å². The zero-order valence-corrected chi connectivity index (χ0v) is 22.5. The van der Waals surface area contributed by atoms with E-state index in [1.165, 1.54) is 13.1 Å². The normalized spacial score (nSPS) is 23.8. The van der Waals surface area contributed by atoms with E-state index in [2.05, 4.69) is 10.3 Å². The van der Waals surface area contributed by atoms with Crippen molar-refractivity contribution in [3.8, 4) is 5.75 Å². The Bertz CT molecular complexity index is 1070. The molecular weight excluding hydrogens is 496 g/mol. The van der Waals surface area contributed by atoms with Crippen molar-refractivity contribution in [1.29, 1.82) is 0 Å². The molecule has 38 heavy (non-hydrogen) atoms. The summed E-state index contributed by atoms with van der Waals surface area (Å²) >= 11 is 0. The lowest BCUT2D eigenvalue weighted by Gasteiger charge is -2.29. The van der Waals surface area contributed by atoms with Gasteiger partial charge in [0, 0.05) is 12.6 Å². The van der Waals surface area contributed by atoms with Gasteiger partial charge in [-0.05, 0) is 44.2 Å². The fourth-order valence-corrected chi connectivity index (χ4v) is 4.04. The minimum Gasteiger partial charge on any atom is -0.463 e. The monoisotopic (exact) mass is 532 g/mol. The third-order valence-electron chi connectivity index (χ3n) is 6.60. The zero-order chi connectivity index (χ0) is 28.0. The fourth-order valence-electron chi connectivity index (χ4n) is 4.04. The van der Waals surface area contributed by atoms with Crippen LogP contribution >= 0.6 is 0 Å². The molecule has 2 fully saturated rings. The van der Waals surface area contributed by atoms with Crippen molar-refractivity contribution in [2.45, 2.75) is 85.0 Å². The van der Waals surface area contributed by atoms with Gasteiger partial charge in [0.25, 0.3) is 5.91 Å². The van der Waals surface area contributed by atoms with Crippen LogP contribution < -0.4 is 10.1 Å². The van der Waals surface area contributed by atoms with Crippen LogP contribution in [0.1, 0.15) is 75.9 Å². The number of rotatable bonds is 9. The lowest BCUT2D eigenvalue weighted by atomic mass is 9.95. The molecule has 1 N–H and O–H groups in total. The Morgan fingerprint density at radius 3 is 2.53 bits per heavy atom. The summed E-state index contributed by atoms with van der Waals surface area (Å²) < 4.78 is 21.8. The number of aromatic nitrogens is 1. The van der Waals surface area contributed by atoms with Gasteiger partial charge in [0.2, 0.25) is 0 Å². The number of esters is 4. The molecule has 0 spiro atoms. The number of carbonyl (C=O) groups is 5. The van der Waals surface area contributed by atoms with Crippen LogP contribution in [0.4, 0.5) is 0 Å². The summed E-state index contributed by atoms with van der Waals surface area (Å²) in [5.41, 5.74) is 0.328. The maximum atomic E-state index is 13.2. The lowest BCUT2D eigenvalue weighted by Crippen LogP contribution is -2.47. The van der Waals surface area contributed by atoms with E-state index in [4.69, 9.17) is 18.9 Å². The van der Waals surface area contributed by atoms with Gasteiger partial charge in [-0.3, -0.25) is 19.2 Å². The Labute approximate surface area is 221 Å². The van der Waals surface area contributed by atoms with Gasteiger partial charge in [0.15, 0.2) is 23.6 Å². The Hall–Kier alpha value is -3.50. The molecule has 1 amide bonds. The number of aryl methyl sites for hydroxylation is 1. The van der Waals surface area contributed by atoms with Crippen molar-refractivity contribution in [3.63, 3.8) is 0 Å². The number of cyclic esters (lactones) is 2. The molecule has 2 heterocycles. The molecule has 11 heteroatoms. The molecule has 11 nitrogen and oxygen atoms in total. The summed E-state index contributed by atoms with van der Waals surface area (Å²) in [6, 6.07) is 0.230. The number of carbonyl (C=O) groups excluding carboxylic acids is 5. The molecule has 0 bridgehead atoms. The predicted octanol–water partition coefficient (Wildman–Crippen LogP) is 2.67. The number of nitrogens with zero attached hydrogens (tertiary/aromatic N) is 1. The molecule has 1 aliphatic carbocycles. The van der Waals surface area contributed by atoms with Gasteiger partial charge in [-0.15, -0.1) is 0 Å².